The lowest BCUT2D eigenvalue weighted by Gasteiger charge is -2.10. The minimum Gasteiger partial charge on any atom is -0.490 e. The zero-order valence-electron chi connectivity index (χ0n) is 12.1. The molecule has 2 aromatic rings. The predicted octanol–water partition coefficient (Wildman–Crippen LogP) is 2.24. The number of fused-ring (bicyclic) bond motifs is 1. The lowest BCUT2D eigenvalue weighted by atomic mass is 10.2. The Labute approximate surface area is 124 Å². The number of hydrogen-bond acceptors (Lipinski definition) is 5. The summed E-state index contributed by atoms with van der Waals surface area (Å²) >= 11 is 0. The molecular weight excluding hydrogens is 266 g/mol. The Bertz CT molecular complexity index is 599. The molecule has 5 nitrogen and oxygen atoms in total. The van der Waals surface area contributed by atoms with E-state index in [1.165, 1.54) is 5.56 Å². The van der Waals surface area contributed by atoms with Crippen LogP contribution in [0.1, 0.15) is 23.4 Å². The molecule has 1 aliphatic rings. The fraction of sp³-hybridized carbons (Fsp3) is 0.375. The van der Waals surface area contributed by atoms with Crippen LogP contribution < -0.4 is 14.8 Å². The Morgan fingerprint density at radius 1 is 1.05 bits per heavy atom. The predicted molar refractivity (Wildman–Crippen MR) is 79.4 cm³/mol. The summed E-state index contributed by atoms with van der Waals surface area (Å²) in [6.07, 6.45) is 4.51. The smallest absolute Gasteiger partial charge is 0.161 e. The van der Waals surface area contributed by atoms with E-state index in [-0.39, 0.29) is 0 Å². The van der Waals surface area contributed by atoms with Gasteiger partial charge in [0.2, 0.25) is 0 Å². The number of benzene rings is 1. The third-order valence-electron chi connectivity index (χ3n) is 3.28. The second-order valence-electron chi connectivity index (χ2n) is 5.08. The van der Waals surface area contributed by atoms with Gasteiger partial charge in [-0.05, 0) is 24.6 Å². The van der Waals surface area contributed by atoms with Crippen LogP contribution in [0.3, 0.4) is 0 Å². The van der Waals surface area contributed by atoms with Gasteiger partial charge in [-0.1, -0.05) is 6.07 Å². The summed E-state index contributed by atoms with van der Waals surface area (Å²) < 4.78 is 11.3. The molecule has 3 rings (SSSR count). The van der Waals surface area contributed by atoms with Crippen molar-refractivity contribution in [2.24, 2.45) is 0 Å². The third-order valence-corrected chi connectivity index (χ3v) is 3.28. The standard InChI is InChI=1S/C16H19N3O2/c1-12-8-19-14(11-18-12)10-17-9-13-3-4-15-16(7-13)21-6-2-5-20-15/h3-4,7-8,11,17H,2,5-6,9-10H2,1H3. The Kier molecular flexibility index (Phi) is 4.31. The Morgan fingerprint density at radius 2 is 1.90 bits per heavy atom. The van der Waals surface area contributed by atoms with Gasteiger partial charge in [-0.15, -0.1) is 0 Å². The molecule has 5 heteroatoms. The van der Waals surface area contributed by atoms with Crippen molar-refractivity contribution in [2.75, 3.05) is 13.2 Å². The van der Waals surface area contributed by atoms with Gasteiger partial charge >= 0.3 is 0 Å². The molecule has 1 aromatic heterocycles. The van der Waals surface area contributed by atoms with Gasteiger partial charge in [0.1, 0.15) is 0 Å². The van der Waals surface area contributed by atoms with Crippen molar-refractivity contribution in [1.29, 1.82) is 0 Å². The van der Waals surface area contributed by atoms with Gasteiger partial charge in [0.15, 0.2) is 11.5 Å². The number of hydrogen-bond donors (Lipinski definition) is 1. The first-order chi connectivity index (χ1) is 10.3. The maximum absolute atomic E-state index is 5.69. The second kappa shape index (κ2) is 6.54. The summed E-state index contributed by atoms with van der Waals surface area (Å²) in [7, 11) is 0. The summed E-state index contributed by atoms with van der Waals surface area (Å²) in [6, 6.07) is 6.07. The average molecular weight is 285 g/mol. The molecule has 1 aliphatic heterocycles. The minimum absolute atomic E-state index is 0.696. The second-order valence-corrected chi connectivity index (χ2v) is 5.08. The van der Waals surface area contributed by atoms with Gasteiger partial charge in [0.25, 0.3) is 0 Å². The molecule has 0 saturated carbocycles. The zero-order valence-corrected chi connectivity index (χ0v) is 12.1. The van der Waals surface area contributed by atoms with Gasteiger partial charge < -0.3 is 14.8 Å². The van der Waals surface area contributed by atoms with Gasteiger partial charge in [-0.2, -0.15) is 0 Å². The molecule has 0 atom stereocenters. The highest BCUT2D eigenvalue weighted by Gasteiger charge is 2.10. The molecule has 0 amide bonds. The molecule has 0 fully saturated rings. The average Bonchev–Trinajstić information content (AvgIpc) is 2.74. The van der Waals surface area contributed by atoms with Crippen LogP contribution in [0.2, 0.25) is 0 Å². The quantitative estimate of drug-likeness (QED) is 0.933. The lowest BCUT2D eigenvalue weighted by molar-refractivity contribution is 0.297. The number of aromatic nitrogens is 2. The van der Waals surface area contributed by atoms with Gasteiger partial charge in [-0.3, -0.25) is 9.97 Å². The van der Waals surface area contributed by atoms with Crippen LogP contribution in [-0.2, 0) is 13.1 Å². The maximum atomic E-state index is 5.69. The summed E-state index contributed by atoms with van der Waals surface area (Å²) in [4.78, 5) is 8.56. The van der Waals surface area contributed by atoms with Gasteiger partial charge in [0.05, 0.1) is 24.6 Å². The SMILES string of the molecule is Cc1cnc(CNCc2ccc3c(c2)OCCCO3)cn1. The fourth-order valence-corrected chi connectivity index (χ4v) is 2.16. The molecular formula is C16H19N3O2. The molecule has 1 N–H and O–H groups in total. The van der Waals surface area contributed by atoms with E-state index in [0.717, 1.165) is 42.5 Å². The van der Waals surface area contributed by atoms with Crippen LogP contribution in [0.15, 0.2) is 30.6 Å². The van der Waals surface area contributed by atoms with E-state index in [9.17, 15) is 0 Å². The molecule has 0 aliphatic carbocycles. The Morgan fingerprint density at radius 3 is 2.71 bits per heavy atom. The van der Waals surface area contributed by atoms with Crippen molar-refractivity contribution in [3.8, 4) is 11.5 Å². The summed E-state index contributed by atoms with van der Waals surface area (Å²) in [6.45, 7) is 4.81. The van der Waals surface area contributed by atoms with Crippen molar-refractivity contribution in [3.05, 3.63) is 47.5 Å². The molecule has 0 bridgehead atoms. The van der Waals surface area contributed by atoms with E-state index < -0.39 is 0 Å². The number of nitrogens with zero attached hydrogens (tertiary/aromatic N) is 2. The van der Waals surface area contributed by atoms with Crippen molar-refractivity contribution in [1.82, 2.24) is 15.3 Å². The van der Waals surface area contributed by atoms with E-state index in [0.29, 0.717) is 13.2 Å². The maximum Gasteiger partial charge on any atom is 0.161 e. The molecule has 0 spiro atoms. The Hall–Kier alpha value is -2.14. The molecule has 2 heterocycles. The van der Waals surface area contributed by atoms with Crippen LogP contribution in [-0.4, -0.2) is 23.2 Å². The van der Waals surface area contributed by atoms with Crippen molar-refractivity contribution in [2.45, 2.75) is 26.4 Å². The number of aryl methyl sites for hydroxylation is 1. The first-order valence-electron chi connectivity index (χ1n) is 7.18. The van der Waals surface area contributed by atoms with Crippen LogP contribution in [0.25, 0.3) is 0 Å². The highest BCUT2D eigenvalue weighted by molar-refractivity contribution is 5.43. The first-order valence-corrected chi connectivity index (χ1v) is 7.18. The molecule has 0 saturated heterocycles. The highest BCUT2D eigenvalue weighted by Crippen LogP contribution is 2.30. The van der Waals surface area contributed by atoms with Crippen LogP contribution in [0.5, 0.6) is 11.5 Å². The fourth-order valence-electron chi connectivity index (χ4n) is 2.16. The molecule has 0 unspecified atom stereocenters. The number of ether oxygens (including phenoxy) is 2. The van der Waals surface area contributed by atoms with Crippen LogP contribution in [0.4, 0.5) is 0 Å². The number of rotatable bonds is 4. The minimum atomic E-state index is 0.696. The van der Waals surface area contributed by atoms with E-state index in [2.05, 4.69) is 21.4 Å². The summed E-state index contributed by atoms with van der Waals surface area (Å²) in [5.41, 5.74) is 3.04. The van der Waals surface area contributed by atoms with E-state index in [4.69, 9.17) is 9.47 Å². The molecule has 1 aromatic carbocycles. The van der Waals surface area contributed by atoms with E-state index in [1.807, 2.05) is 19.1 Å². The third kappa shape index (κ3) is 3.70. The van der Waals surface area contributed by atoms with Crippen LogP contribution >= 0.6 is 0 Å². The van der Waals surface area contributed by atoms with E-state index in [1.54, 1.807) is 12.4 Å². The normalized spacial score (nSPS) is 13.8. The van der Waals surface area contributed by atoms with Gasteiger partial charge in [0, 0.05) is 31.9 Å². The Balaban J connectivity index is 1.58. The largest absolute Gasteiger partial charge is 0.490 e. The summed E-state index contributed by atoms with van der Waals surface area (Å²) in [5.74, 6) is 1.67. The van der Waals surface area contributed by atoms with Crippen molar-refractivity contribution in [3.63, 3.8) is 0 Å². The van der Waals surface area contributed by atoms with E-state index >= 15 is 0 Å². The van der Waals surface area contributed by atoms with Gasteiger partial charge in [-0.25, -0.2) is 0 Å². The molecule has 21 heavy (non-hydrogen) atoms. The summed E-state index contributed by atoms with van der Waals surface area (Å²) in [5, 5.41) is 3.36. The lowest BCUT2D eigenvalue weighted by Crippen LogP contribution is -2.14. The molecule has 110 valence electrons. The number of nitrogens with one attached hydrogen (secondary N) is 1. The van der Waals surface area contributed by atoms with Crippen LogP contribution in [0, 0.1) is 6.92 Å². The van der Waals surface area contributed by atoms with Crippen molar-refractivity contribution < 1.29 is 9.47 Å². The first kappa shape index (κ1) is 13.8. The zero-order chi connectivity index (χ0) is 14.5. The highest BCUT2D eigenvalue weighted by atomic mass is 16.5. The monoisotopic (exact) mass is 285 g/mol. The molecule has 0 radical (unpaired) electrons. The topological polar surface area (TPSA) is 56.3 Å². The van der Waals surface area contributed by atoms with Crippen molar-refractivity contribution >= 4 is 0 Å².